The second kappa shape index (κ2) is 10.1. The minimum Gasteiger partial charge on any atom is -0.497 e. The van der Waals surface area contributed by atoms with Crippen molar-refractivity contribution in [2.24, 2.45) is 5.92 Å². The number of hydrogen-bond donors (Lipinski definition) is 0. The molecule has 4 rings (SSSR count). The molecule has 8 nitrogen and oxygen atoms in total. The van der Waals surface area contributed by atoms with Gasteiger partial charge in [0.25, 0.3) is 11.8 Å². The van der Waals surface area contributed by atoms with Crippen LogP contribution in [-0.4, -0.2) is 74.4 Å². The van der Waals surface area contributed by atoms with Crippen LogP contribution in [0.1, 0.15) is 34.6 Å². The van der Waals surface area contributed by atoms with E-state index in [0.717, 1.165) is 0 Å². The zero-order valence-electron chi connectivity index (χ0n) is 19.3. The van der Waals surface area contributed by atoms with Crippen LogP contribution in [0.15, 0.2) is 42.5 Å². The minimum absolute atomic E-state index is 0.0609. The topological polar surface area (TPSA) is 77.5 Å². The Morgan fingerprint density at radius 1 is 1.09 bits per heavy atom. The number of hydrogen-bond acceptors (Lipinski definition) is 6. The zero-order valence-corrected chi connectivity index (χ0v) is 19.3. The van der Waals surface area contributed by atoms with E-state index < -0.39 is 0 Å². The van der Waals surface area contributed by atoms with Gasteiger partial charge in [0.15, 0.2) is 11.5 Å². The molecule has 1 atom stereocenters. The number of benzene rings is 2. The monoisotopic (exact) mass is 454 g/mol. The molecule has 0 aliphatic carbocycles. The summed E-state index contributed by atoms with van der Waals surface area (Å²) in [5, 5.41) is 0. The van der Waals surface area contributed by atoms with E-state index in [0.29, 0.717) is 67.1 Å². The third-order valence-electron chi connectivity index (χ3n) is 5.68. The Hall–Kier alpha value is -3.26. The number of amides is 2. The van der Waals surface area contributed by atoms with Gasteiger partial charge in [-0.15, -0.1) is 0 Å². The van der Waals surface area contributed by atoms with Crippen molar-refractivity contribution in [2.75, 3.05) is 46.7 Å². The van der Waals surface area contributed by atoms with E-state index >= 15 is 0 Å². The van der Waals surface area contributed by atoms with Crippen LogP contribution in [0.3, 0.4) is 0 Å². The average molecular weight is 455 g/mol. The number of ether oxygens (including phenoxy) is 4. The fourth-order valence-electron chi connectivity index (χ4n) is 4.07. The normalized spacial score (nSPS) is 17.2. The predicted octanol–water partition coefficient (Wildman–Crippen LogP) is 3.06. The molecular weight excluding hydrogens is 424 g/mol. The molecule has 1 saturated heterocycles. The summed E-state index contributed by atoms with van der Waals surface area (Å²) in [6, 6.07) is 12.3. The summed E-state index contributed by atoms with van der Waals surface area (Å²) >= 11 is 0. The first kappa shape index (κ1) is 22.9. The van der Waals surface area contributed by atoms with E-state index in [2.05, 4.69) is 13.8 Å². The van der Waals surface area contributed by atoms with Gasteiger partial charge in [-0.3, -0.25) is 9.59 Å². The molecule has 2 aliphatic heterocycles. The van der Waals surface area contributed by atoms with Crippen molar-refractivity contribution in [2.45, 2.75) is 20.0 Å². The van der Waals surface area contributed by atoms with Gasteiger partial charge >= 0.3 is 0 Å². The highest BCUT2D eigenvalue weighted by Crippen LogP contribution is 2.33. The van der Waals surface area contributed by atoms with Crippen molar-refractivity contribution in [1.82, 2.24) is 9.80 Å². The molecule has 0 spiro atoms. The van der Waals surface area contributed by atoms with Gasteiger partial charge in [-0.25, -0.2) is 0 Å². The lowest BCUT2D eigenvalue weighted by Gasteiger charge is -2.36. The van der Waals surface area contributed by atoms with Crippen LogP contribution >= 0.6 is 0 Å². The molecule has 2 aromatic rings. The summed E-state index contributed by atoms with van der Waals surface area (Å²) in [4.78, 5) is 29.9. The Bertz CT molecular complexity index is 991. The van der Waals surface area contributed by atoms with Gasteiger partial charge in [-0.2, -0.15) is 0 Å². The maximum absolute atomic E-state index is 13.2. The highest BCUT2D eigenvalue weighted by atomic mass is 16.7. The van der Waals surface area contributed by atoms with Crippen LogP contribution in [0.4, 0.5) is 0 Å². The lowest BCUT2D eigenvalue weighted by molar-refractivity contribution is -0.0340. The maximum Gasteiger partial charge on any atom is 0.254 e. The SMILES string of the molecule is COc1ccc(C(=O)N(CC(C)C)CC2CN(C(=O)c3ccc4c(c3)OCO4)CCO2)cc1. The largest absolute Gasteiger partial charge is 0.497 e. The van der Waals surface area contributed by atoms with Crippen LogP contribution in [0.2, 0.25) is 0 Å². The number of morpholine rings is 1. The summed E-state index contributed by atoms with van der Waals surface area (Å²) < 4.78 is 21.9. The highest BCUT2D eigenvalue weighted by Gasteiger charge is 2.29. The van der Waals surface area contributed by atoms with Crippen molar-refractivity contribution in [1.29, 1.82) is 0 Å². The van der Waals surface area contributed by atoms with Crippen molar-refractivity contribution in [3.05, 3.63) is 53.6 Å². The second-order valence-electron chi connectivity index (χ2n) is 8.64. The summed E-state index contributed by atoms with van der Waals surface area (Å²) in [6.07, 6.45) is -0.266. The molecule has 176 valence electrons. The van der Waals surface area contributed by atoms with E-state index in [1.54, 1.807) is 54.5 Å². The van der Waals surface area contributed by atoms with Crippen LogP contribution in [0.5, 0.6) is 17.2 Å². The van der Waals surface area contributed by atoms with Gasteiger partial charge in [-0.1, -0.05) is 13.8 Å². The third kappa shape index (κ3) is 5.39. The van der Waals surface area contributed by atoms with Crippen LogP contribution < -0.4 is 14.2 Å². The van der Waals surface area contributed by atoms with Gasteiger partial charge < -0.3 is 28.7 Å². The Balaban J connectivity index is 1.44. The fourth-order valence-corrected chi connectivity index (χ4v) is 4.07. The Labute approximate surface area is 194 Å². The molecule has 2 aliphatic rings. The fraction of sp³-hybridized carbons (Fsp3) is 0.440. The predicted molar refractivity (Wildman–Crippen MR) is 122 cm³/mol. The van der Waals surface area contributed by atoms with E-state index in [1.807, 2.05) is 4.90 Å². The first-order chi connectivity index (χ1) is 15.9. The Morgan fingerprint density at radius 2 is 1.82 bits per heavy atom. The molecule has 0 N–H and O–H groups in total. The van der Waals surface area contributed by atoms with Crippen LogP contribution in [-0.2, 0) is 4.74 Å². The second-order valence-corrected chi connectivity index (χ2v) is 8.64. The average Bonchev–Trinajstić information content (AvgIpc) is 3.30. The van der Waals surface area contributed by atoms with Crippen LogP contribution in [0.25, 0.3) is 0 Å². The van der Waals surface area contributed by atoms with E-state index in [9.17, 15) is 9.59 Å². The zero-order chi connectivity index (χ0) is 23.4. The van der Waals surface area contributed by atoms with Gasteiger partial charge in [0.1, 0.15) is 5.75 Å². The quantitative estimate of drug-likeness (QED) is 0.640. The van der Waals surface area contributed by atoms with Crippen LogP contribution in [0, 0.1) is 5.92 Å². The maximum atomic E-state index is 13.2. The van der Waals surface area contributed by atoms with Crippen molar-refractivity contribution >= 4 is 11.8 Å². The third-order valence-corrected chi connectivity index (χ3v) is 5.68. The van der Waals surface area contributed by atoms with Crippen molar-refractivity contribution in [3.63, 3.8) is 0 Å². The molecule has 1 unspecified atom stereocenters. The first-order valence-electron chi connectivity index (χ1n) is 11.2. The molecule has 2 heterocycles. The van der Waals surface area contributed by atoms with Gasteiger partial charge in [0.05, 0.1) is 19.8 Å². The van der Waals surface area contributed by atoms with E-state index in [-0.39, 0.29) is 24.7 Å². The first-order valence-corrected chi connectivity index (χ1v) is 11.2. The lowest BCUT2D eigenvalue weighted by atomic mass is 10.1. The van der Waals surface area contributed by atoms with Gasteiger partial charge in [0.2, 0.25) is 6.79 Å². The molecule has 0 radical (unpaired) electrons. The number of fused-ring (bicyclic) bond motifs is 1. The lowest BCUT2D eigenvalue weighted by Crippen LogP contribution is -2.51. The molecule has 0 saturated carbocycles. The summed E-state index contributed by atoms with van der Waals surface area (Å²) in [7, 11) is 1.60. The number of carbonyl (C=O) groups is 2. The number of carbonyl (C=O) groups excluding carboxylic acids is 2. The van der Waals surface area contributed by atoms with Gasteiger partial charge in [-0.05, 0) is 48.4 Å². The highest BCUT2D eigenvalue weighted by molar-refractivity contribution is 5.95. The Morgan fingerprint density at radius 3 is 2.55 bits per heavy atom. The summed E-state index contributed by atoms with van der Waals surface area (Å²) in [5.41, 5.74) is 1.15. The van der Waals surface area contributed by atoms with Crippen molar-refractivity contribution < 1.29 is 28.5 Å². The minimum atomic E-state index is -0.266. The molecule has 0 bridgehead atoms. The molecule has 1 fully saturated rings. The molecule has 2 amide bonds. The Kier molecular flexibility index (Phi) is 7.03. The number of rotatable bonds is 7. The van der Waals surface area contributed by atoms with Crippen molar-refractivity contribution in [3.8, 4) is 17.2 Å². The number of methoxy groups -OCH3 is 1. The van der Waals surface area contributed by atoms with Gasteiger partial charge in [0, 0.05) is 37.3 Å². The standard InChI is InChI=1S/C25H30N2O6/c1-17(2)13-27(24(28)18-4-7-20(30-3)8-5-18)15-21-14-26(10-11-31-21)25(29)19-6-9-22-23(12-19)33-16-32-22/h4-9,12,17,21H,10-11,13-16H2,1-3H3. The smallest absolute Gasteiger partial charge is 0.254 e. The van der Waals surface area contributed by atoms with E-state index in [1.165, 1.54) is 0 Å². The summed E-state index contributed by atoms with van der Waals surface area (Å²) in [6.45, 7) is 6.66. The molecule has 0 aromatic heterocycles. The van der Waals surface area contributed by atoms with E-state index in [4.69, 9.17) is 18.9 Å². The number of nitrogens with zero attached hydrogens (tertiary/aromatic N) is 2. The molecular formula is C25H30N2O6. The molecule has 33 heavy (non-hydrogen) atoms. The molecule has 2 aromatic carbocycles. The molecule has 8 heteroatoms. The summed E-state index contributed by atoms with van der Waals surface area (Å²) in [5.74, 6) is 2.08.